The molecule has 1 aliphatic rings. The number of fused-ring (bicyclic) bond motifs is 1. The third-order valence-corrected chi connectivity index (χ3v) is 3.55. The van der Waals surface area contributed by atoms with Gasteiger partial charge in [-0.1, -0.05) is 0 Å². The minimum absolute atomic E-state index is 0.127. The van der Waals surface area contributed by atoms with Gasteiger partial charge >= 0.3 is 0 Å². The lowest BCUT2D eigenvalue weighted by atomic mass is 10.0. The summed E-state index contributed by atoms with van der Waals surface area (Å²) >= 11 is 0. The smallest absolute Gasteiger partial charge is 0.147 e. The van der Waals surface area contributed by atoms with Gasteiger partial charge in [0.15, 0.2) is 0 Å². The van der Waals surface area contributed by atoms with Crippen LogP contribution >= 0.6 is 0 Å². The van der Waals surface area contributed by atoms with Crippen molar-refractivity contribution in [3.05, 3.63) is 47.3 Å². The molecule has 1 aromatic heterocycles. The number of hydrogen-bond donors (Lipinski definition) is 2. The molecule has 0 saturated carbocycles. The molecule has 0 unspecified atom stereocenters. The summed E-state index contributed by atoms with van der Waals surface area (Å²) in [5, 5.41) is 7.32. The number of hydrogen-bond acceptors (Lipinski definition) is 2. The summed E-state index contributed by atoms with van der Waals surface area (Å²) in [5.41, 5.74) is 8.40. The Morgan fingerprint density at radius 3 is 2.84 bits per heavy atom. The van der Waals surface area contributed by atoms with Crippen molar-refractivity contribution in [1.82, 2.24) is 9.55 Å². The van der Waals surface area contributed by atoms with Gasteiger partial charge in [-0.15, -0.1) is 0 Å². The largest absolute Gasteiger partial charge is 0.384 e. The van der Waals surface area contributed by atoms with E-state index in [2.05, 4.69) is 4.98 Å². The van der Waals surface area contributed by atoms with Crippen molar-refractivity contribution in [2.24, 2.45) is 5.73 Å². The summed E-state index contributed by atoms with van der Waals surface area (Å²) in [6.45, 7) is 0. The van der Waals surface area contributed by atoms with E-state index in [0.717, 1.165) is 37.1 Å². The van der Waals surface area contributed by atoms with E-state index in [1.54, 1.807) is 18.5 Å². The number of halogens is 1. The number of aromatic nitrogens is 2. The quantitative estimate of drug-likeness (QED) is 0.640. The van der Waals surface area contributed by atoms with Crippen molar-refractivity contribution in [2.75, 3.05) is 0 Å². The van der Waals surface area contributed by atoms with Gasteiger partial charge in [-0.3, -0.25) is 5.41 Å². The molecule has 2 aromatic rings. The van der Waals surface area contributed by atoms with Gasteiger partial charge in [-0.25, -0.2) is 9.37 Å². The molecule has 0 spiro atoms. The molecule has 0 atom stereocenters. The summed E-state index contributed by atoms with van der Waals surface area (Å²) < 4.78 is 16.0. The predicted octanol–water partition coefficient (Wildman–Crippen LogP) is 2.17. The summed E-state index contributed by atoms with van der Waals surface area (Å²) in [5.74, 6) is -0.503. The number of imidazole rings is 1. The minimum atomic E-state index is -0.376. The Morgan fingerprint density at radius 2 is 2.11 bits per heavy atom. The molecule has 4 nitrogen and oxygen atoms in total. The topological polar surface area (TPSA) is 67.7 Å². The highest BCUT2D eigenvalue weighted by Gasteiger charge is 2.18. The summed E-state index contributed by atoms with van der Waals surface area (Å²) in [6.07, 6.45) is 5.85. The SMILES string of the molecule is N=C(N)c1ccc(-n2cnc3c2CCCC3)c(F)c1. The lowest BCUT2D eigenvalue weighted by Crippen LogP contribution is -2.12. The van der Waals surface area contributed by atoms with Gasteiger partial charge in [-0.05, 0) is 43.9 Å². The van der Waals surface area contributed by atoms with Gasteiger partial charge in [-0.2, -0.15) is 0 Å². The van der Waals surface area contributed by atoms with Gasteiger partial charge in [0.25, 0.3) is 0 Å². The zero-order chi connectivity index (χ0) is 13.4. The Labute approximate surface area is 110 Å². The molecule has 1 aromatic carbocycles. The summed E-state index contributed by atoms with van der Waals surface area (Å²) in [6, 6.07) is 4.62. The molecule has 1 aliphatic carbocycles. The minimum Gasteiger partial charge on any atom is -0.384 e. The Morgan fingerprint density at radius 1 is 1.32 bits per heavy atom. The third kappa shape index (κ3) is 2.01. The van der Waals surface area contributed by atoms with Gasteiger partial charge in [0.2, 0.25) is 0 Å². The summed E-state index contributed by atoms with van der Waals surface area (Å²) in [4.78, 5) is 4.36. The van der Waals surface area contributed by atoms with Crippen LogP contribution in [0.5, 0.6) is 0 Å². The first-order valence-electron chi connectivity index (χ1n) is 6.36. The van der Waals surface area contributed by atoms with Crippen molar-refractivity contribution in [1.29, 1.82) is 5.41 Å². The van der Waals surface area contributed by atoms with Crippen LogP contribution in [0.25, 0.3) is 5.69 Å². The fraction of sp³-hybridized carbons (Fsp3) is 0.286. The molecule has 0 saturated heterocycles. The number of nitrogens with one attached hydrogen (secondary N) is 1. The second-order valence-corrected chi connectivity index (χ2v) is 4.79. The van der Waals surface area contributed by atoms with Crippen LogP contribution in [-0.2, 0) is 12.8 Å². The van der Waals surface area contributed by atoms with Gasteiger partial charge < -0.3 is 10.3 Å². The number of amidine groups is 1. The van der Waals surface area contributed by atoms with E-state index in [-0.39, 0.29) is 11.7 Å². The number of nitrogens with two attached hydrogens (primary N) is 1. The Kier molecular flexibility index (Phi) is 2.81. The molecular formula is C14H15FN4. The molecule has 0 bridgehead atoms. The van der Waals surface area contributed by atoms with E-state index < -0.39 is 0 Å². The Bertz CT molecular complexity index is 645. The van der Waals surface area contributed by atoms with Gasteiger partial charge in [0, 0.05) is 11.3 Å². The van der Waals surface area contributed by atoms with Gasteiger partial charge in [0.05, 0.1) is 17.7 Å². The van der Waals surface area contributed by atoms with Crippen LogP contribution in [0.3, 0.4) is 0 Å². The predicted molar refractivity (Wildman–Crippen MR) is 71.2 cm³/mol. The van der Waals surface area contributed by atoms with Crippen LogP contribution in [0, 0.1) is 11.2 Å². The molecule has 0 radical (unpaired) electrons. The highest BCUT2D eigenvalue weighted by atomic mass is 19.1. The molecule has 0 fully saturated rings. The van der Waals surface area contributed by atoms with Crippen molar-refractivity contribution >= 4 is 5.84 Å². The van der Waals surface area contributed by atoms with Gasteiger partial charge in [0.1, 0.15) is 11.7 Å². The zero-order valence-electron chi connectivity index (χ0n) is 10.5. The Balaban J connectivity index is 2.07. The molecular weight excluding hydrogens is 243 g/mol. The lowest BCUT2D eigenvalue weighted by molar-refractivity contribution is 0.608. The lowest BCUT2D eigenvalue weighted by Gasteiger charge is -2.14. The van der Waals surface area contributed by atoms with E-state index in [1.165, 1.54) is 6.07 Å². The number of nitrogen functional groups attached to an aromatic ring is 1. The van der Waals surface area contributed by atoms with Crippen molar-refractivity contribution in [3.63, 3.8) is 0 Å². The number of nitrogens with zero attached hydrogens (tertiary/aromatic N) is 2. The van der Waals surface area contributed by atoms with E-state index in [9.17, 15) is 4.39 Å². The second kappa shape index (κ2) is 4.50. The van der Waals surface area contributed by atoms with E-state index in [1.807, 2.05) is 4.57 Å². The van der Waals surface area contributed by atoms with Crippen LogP contribution in [0.15, 0.2) is 24.5 Å². The number of aryl methyl sites for hydroxylation is 1. The average molecular weight is 258 g/mol. The molecule has 0 aliphatic heterocycles. The third-order valence-electron chi connectivity index (χ3n) is 3.55. The normalized spacial score (nSPS) is 14.2. The molecule has 98 valence electrons. The first-order valence-corrected chi connectivity index (χ1v) is 6.36. The first-order chi connectivity index (χ1) is 9.16. The van der Waals surface area contributed by atoms with E-state index in [0.29, 0.717) is 11.3 Å². The van der Waals surface area contributed by atoms with E-state index in [4.69, 9.17) is 11.1 Å². The fourth-order valence-electron chi connectivity index (χ4n) is 2.55. The molecule has 3 rings (SSSR count). The zero-order valence-corrected chi connectivity index (χ0v) is 10.5. The van der Waals surface area contributed by atoms with Crippen LogP contribution in [0.1, 0.15) is 29.8 Å². The standard InChI is InChI=1S/C14H15FN4/c15-10-7-9(14(16)17)5-6-12(10)19-8-18-11-3-1-2-4-13(11)19/h5-8H,1-4H2,(H3,16,17). The molecule has 3 N–H and O–H groups in total. The monoisotopic (exact) mass is 258 g/mol. The highest BCUT2D eigenvalue weighted by molar-refractivity contribution is 5.95. The van der Waals surface area contributed by atoms with E-state index >= 15 is 0 Å². The first kappa shape index (κ1) is 11.9. The summed E-state index contributed by atoms with van der Waals surface area (Å²) in [7, 11) is 0. The number of rotatable bonds is 2. The maximum atomic E-state index is 14.1. The van der Waals surface area contributed by atoms with Crippen molar-refractivity contribution < 1.29 is 4.39 Å². The van der Waals surface area contributed by atoms with Crippen LogP contribution in [0.4, 0.5) is 4.39 Å². The average Bonchev–Trinajstić information content (AvgIpc) is 2.82. The van der Waals surface area contributed by atoms with Crippen LogP contribution in [-0.4, -0.2) is 15.4 Å². The van der Waals surface area contributed by atoms with Crippen LogP contribution < -0.4 is 5.73 Å². The maximum absolute atomic E-state index is 14.1. The number of benzene rings is 1. The second-order valence-electron chi connectivity index (χ2n) is 4.79. The molecule has 0 amide bonds. The van der Waals surface area contributed by atoms with Crippen molar-refractivity contribution in [2.45, 2.75) is 25.7 Å². The van der Waals surface area contributed by atoms with Crippen LogP contribution in [0.2, 0.25) is 0 Å². The van der Waals surface area contributed by atoms with Crippen molar-refractivity contribution in [3.8, 4) is 5.69 Å². The molecule has 19 heavy (non-hydrogen) atoms. The Hall–Kier alpha value is -2.17. The molecule has 1 heterocycles. The maximum Gasteiger partial charge on any atom is 0.147 e. The molecule has 5 heteroatoms. The fourth-order valence-corrected chi connectivity index (χ4v) is 2.55. The highest BCUT2D eigenvalue weighted by Crippen LogP contribution is 2.24.